The van der Waals surface area contributed by atoms with Crippen molar-refractivity contribution in [1.29, 1.82) is 0 Å². The molecule has 0 radical (unpaired) electrons. The van der Waals surface area contributed by atoms with Gasteiger partial charge in [0.25, 0.3) is 0 Å². The number of rotatable bonds is 5. The first-order chi connectivity index (χ1) is 8.67. The number of nitrogens with one attached hydrogen (secondary N) is 2. The van der Waals surface area contributed by atoms with Crippen molar-refractivity contribution >= 4 is 34.6 Å². The van der Waals surface area contributed by atoms with Crippen LogP contribution in [0.4, 0.5) is 11.6 Å². The van der Waals surface area contributed by atoms with Crippen LogP contribution in [-0.4, -0.2) is 23.6 Å². The molecule has 0 atom stereocenters. The van der Waals surface area contributed by atoms with Gasteiger partial charge in [0, 0.05) is 24.5 Å². The number of nitrogens with zero attached hydrogens (tertiary/aromatic N) is 2. The van der Waals surface area contributed by atoms with Gasteiger partial charge >= 0.3 is 0 Å². The molecule has 2 rings (SSSR count). The van der Waals surface area contributed by atoms with Gasteiger partial charge in [-0.3, -0.25) is 0 Å². The van der Waals surface area contributed by atoms with Gasteiger partial charge in [0.2, 0.25) is 0 Å². The second-order valence-electron chi connectivity index (χ2n) is 3.82. The van der Waals surface area contributed by atoms with Crippen LogP contribution in [0.1, 0.15) is 10.7 Å². The number of hydrogen-bond acceptors (Lipinski definition) is 5. The van der Waals surface area contributed by atoms with Gasteiger partial charge in [0.15, 0.2) is 0 Å². The van der Waals surface area contributed by atoms with E-state index in [2.05, 4.69) is 26.7 Å². The summed E-state index contributed by atoms with van der Waals surface area (Å²) in [5, 5.41) is 6.30. The first-order valence-corrected chi connectivity index (χ1v) is 6.88. The standard InChI is InChI=1S/C12H15ClN4S/c1-8-16-11(14-2)7-12(17-8)15-6-5-9-3-4-10(13)18-9/h3-4,7H,5-6H2,1-2H3,(H2,14,15,16,17). The Labute approximate surface area is 115 Å². The Balaban J connectivity index is 1.91. The summed E-state index contributed by atoms with van der Waals surface area (Å²) in [5.41, 5.74) is 0. The van der Waals surface area contributed by atoms with Crippen molar-refractivity contribution in [3.05, 3.63) is 33.2 Å². The molecule has 6 heteroatoms. The molecule has 2 N–H and O–H groups in total. The van der Waals surface area contributed by atoms with E-state index in [-0.39, 0.29) is 0 Å². The van der Waals surface area contributed by atoms with Gasteiger partial charge in [0.1, 0.15) is 17.5 Å². The summed E-state index contributed by atoms with van der Waals surface area (Å²) in [6.07, 6.45) is 0.940. The van der Waals surface area contributed by atoms with Crippen molar-refractivity contribution in [3.63, 3.8) is 0 Å². The topological polar surface area (TPSA) is 49.8 Å². The van der Waals surface area contributed by atoms with E-state index in [1.54, 1.807) is 11.3 Å². The Kier molecular flexibility index (Phi) is 4.38. The number of halogens is 1. The molecule has 0 saturated heterocycles. The maximum Gasteiger partial charge on any atom is 0.131 e. The molecule has 2 aromatic rings. The zero-order valence-corrected chi connectivity index (χ0v) is 11.9. The highest BCUT2D eigenvalue weighted by molar-refractivity contribution is 7.16. The van der Waals surface area contributed by atoms with Gasteiger partial charge in [-0.1, -0.05) is 11.6 Å². The molecule has 0 fully saturated rings. The molecular weight excluding hydrogens is 268 g/mol. The highest BCUT2D eigenvalue weighted by Crippen LogP contribution is 2.21. The second-order valence-corrected chi connectivity index (χ2v) is 5.62. The lowest BCUT2D eigenvalue weighted by Gasteiger charge is -2.07. The molecule has 0 bridgehead atoms. The van der Waals surface area contributed by atoms with Crippen molar-refractivity contribution in [2.24, 2.45) is 0 Å². The van der Waals surface area contributed by atoms with Crippen molar-refractivity contribution in [2.45, 2.75) is 13.3 Å². The first kappa shape index (κ1) is 13.1. The minimum absolute atomic E-state index is 0.753. The summed E-state index contributed by atoms with van der Waals surface area (Å²) in [7, 11) is 1.85. The van der Waals surface area contributed by atoms with Gasteiger partial charge in [-0.25, -0.2) is 9.97 Å². The SMILES string of the molecule is CNc1cc(NCCc2ccc(Cl)s2)nc(C)n1. The number of hydrogen-bond donors (Lipinski definition) is 2. The largest absolute Gasteiger partial charge is 0.373 e. The smallest absolute Gasteiger partial charge is 0.131 e. The van der Waals surface area contributed by atoms with Gasteiger partial charge in [-0.2, -0.15) is 0 Å². The predicted molar refractivity (Wildman–Crippen MR) is 77.8 cm³/mol. The molecule has 2 aromatic heterocycles. The summed E-state index contributed by atoms with van der Waals surface area (Å²) in [4.78, 5) is 9.85. The minimum atomic E-state index is 0.753. The van der Waals surface area contributed by atoms with E-state index in [4.69, 9.17) is 11.6 Å². The Morgan fingerprint density at radius 1 is 1.28 bits per heavy atom. The molecule has 4 nitrogen and oxygen atoms in total. The molecule has 0 spiro atoms. The summed E-state index contributed by atoms with van der Waals surface area (Å²) >= 11 is 7.50. The Morgan fingerprint density at radius 2 is 2.06 bits per heavy atom. The minimum Gasteiger partial charge on any atom is -0.373 e. The highest BCUT2D eigenvalue weighted by Gasteiger charge is 2.01. The van der Waals surface area contributed by atoms with Gasteiger partial charge in [-0.15, -0.1) is 11.3 Å². The average molecular weight is 283 g/mol. The lowest BCUT2D eigenvalue weighted by atomic mass is 10.3. The number of aryl methyl sites for hydroxylation is 1. The lowest BCUT2D eigenvalue weighted by Crippen LogP contribution is -2.07. The molecule has 0 aliphatic heterocycles. The summed E-state index contributed by atoms with van der Waals surface area (Å²) in [6, 6.07) is 5.88. The Hall–Kier alpha value is -1.33. The van der Waals surface area contributed by atoms with Crippen molar-refractivity contribution in [1.82, 2.24) is 9.97 Å². The number of aromatic nitrogens is 2. The summed E-state index contributed by atoms with van der Waals surface area (Å²) in [6.45, 7) is 2.71. The third-order valence-electron chi connectivity index (χ3n) is 2.40. The highest BCUT2D eigenvalue weighted by atomic mass is 35.5. The van der Waals surface area contributed by atoms with Crippen LogP contribution in [-0.2, 0) is 6.42 Å². The van der Waals surface area contributed by atoms with Gasteiger partial charge in [-0.05, 0) is 25.5 Å². The zero-order valence-electron chi connectivity index (χ0n) is 10.3. The van der Waals surface area contributed by atoms with Crippen LogP contribution >= 0.6 is 22.9 Å². The molecular formula is C12H15ClN4S. The Morgan fingerprint density at radius 3 is 2.72 bits per heavy atom. The molecule has 0 aliphatic rings. The van der Waals surface area contributed by atoms with E-state index in [0.29, 0.717) is 0 Å². The Bertz CT molecular complexity index is 527. The van der Waals surface area contributed by atoms with Crippen LogP contribution in [0.25, 0.3) is 0 Å². The van der Waals surface area contributed by atoms with Crippen LogP contribution in [0.3, 0.4) is 0 Å². The second kappa shape index (κ2) is 6.02. The third kappa shape index (κ3) is 3.58. The van der Waals surface area contributed by atoms with Crippen molar-refractivity contribution < 1.29 is 0 Å². The van der Waals surface area contributed by atoms with Crippen LogP contribution < -0.4 is 10.6 Å². The molecule has 2 heterocycles. The van der Waals surface area contributed by atoms with E-state index in [1.165, 1.54) is 4.88 Å². The molecule has 18 heavy (non-hydrogen) atoms. The molecule has 0 aliphatic carbocycles. The average Bonchev–Trinajstić information content (AvgIpc) is 2.74. The normalized spacial score (nSPS) is 10.4. The van der Waals surface area contributed by atoms with Crippen LogP contribution in [0.2, 0.25) is 4.34 Å². The fourth-order valence-corrected chi connectivity index (χ4v) is 2.67. The predicted octanol–water partition coefficient (Wildman–Crippen LogP) is 3.20. The quantitative estimate of drug-likeness (QED) is 0.884. The number of anilines is 2. The van der Waals surface area contributed by atoms with Gasteiger partial charge in [0.05, 0.1) is 4.34 Å². The van der Waals surface area contributed by atoms with E-state index < -0.39 is 0 Å². The van der Waals surface area contributed by atoms with Gasteiger partial charge < -0.3 is 10.6 Å². The summed E-state index contributed by atoms with van der Waals surface area (Å²) in [5.74, 6) is 2.42. The lowest BCUT2D eigenvalue weighted by molar-refractivity contribution is 0.994. The van der Waals surface area contributed by atoms with E-state index >= 15 is 0 Å². The summed E-state index contributed by atoms with van der Waals surface area (Å²) < 4.78 is 0.834. The molecule has 0 amide bonds. The maximum atomic E-state index is 5.89. The van der Waals surface area contributed by atoms with E-state index in [1.807, 2.05) is 26.1 Å². The van der Waals surface area contributed by atoms with E-state index in [9.17, 15) is 0 Å². The number of thiophene rings is 1. The molecule has 0 saturated carbocycles. The first-order valence-electron chi connectivity index (χ1n) is 5.69. The zero-order chi connectivity index (χ0) is 13.0. The van der Waals surface area contributed by atoms with Crippen LogP contribution in [0, 0.1) is 6.92 Å². The third-order valence-corrected chi connectivity index (χ3v) is 3.69. The maximum absolute atomic E-state index is 5.89. The van der Waals surface area contributed by atoms with Crippen molar-refractivity contribution in [3.8, 4) is 0 Å². The fourth-order valence-electron chi connectivity index (χ4n) is 1.59. The van der Waals surface area contributed by atoms with Crippen molar-refractivity contribution in [2.75, 3.05) is 24.2 Å². The van der Waals surface area contributed by atoms with Crippen LogP contribution in [0.15, 0.2) is 18.2 Å². The molecule has 0 unspecified atom stereocenters. The van der Waals surface area contributed by atoms with E-state index in [0.717, 1.165) is 34.8 Å². The monoisotopic (exact) mass is 282 g/mol. The van der Waals surface area contributed by atoms with Crippen LogP contribution in [0.5, 0.6) is 0 Å². The molecule has 0 aromatic carbocycles. The molecule has 96 valence electrons. The fraction of sp³-hybridized carbons (Fsp3) is 0.333.